The van der Waals surface area contributed by atoms with E-state index in [0.29, 0.717) is 0 Å². The highest BCUT2D eigenvalue weighted by Crippen LogP contribution is 2.75. The van der Waals surface area contributed by atoms with Crippen molar-refractivity contribution in [3.63, 3.8) is 0 Å². The van der Waals surface area contributed by atoms with Crippen LogP contribution in [0.1, 0.15) is 34.1 Å². The normalized spacial score (nSPS) is 59.8. The number of carbonyl (C=O) groups is 2. The molecule has 6 rings (SSSR count). The van der Waals surface area contributed by atoms with Gasteiger partial charge < -0.3 is 18.9 Å². The molecule has 0 aromatic heterocycles. The number of hydrogen-bond donors (Lipinski definition) is 0. The van der Waals surface area contributed by atoms with Crippen molar-refractivity contribution in [3.8, 4) is 0 Å². The lowest BCUT2D eigenvalue weighted by Crippen LogP contribution is -2.62. The van der Waals surface area contributed by atoms with Gasteiger partial charge in [-0.25, -0.2) is 4.79 Å². The topological polar surface area (TPSA) is 77.7 Å². The first kappa shape index (κ1) is 14.7. The highest BCUT2D eigenvalue weighted by molar-refractivity contribution is 5.87. The summed E-state index contributed by atoms with van der Waals surface area (Å²) in [6, 6.07) is 0. The van der Waals surface area contributed by atoms with E-state index in [1.165, 1.54) is 0 Å². The molecule has 6 aliphatic rings. The molecule has 4 heterocycles. The summed E-state index contributed by atoms with van der Waals surface area (Å²) in [5.41, 5.74) is -0.649. The largest absolute Gasteiger partial charge is 0.459 e. The second kappa shape index (κ2) is 3.81. The SMILES string of the molecule is CC(C)[C@H]1OC(=O)C=C2[C@@]13O[C@@H]3[C@H]1OC(=O)[C@@]3(C)[C@@H]4O[C@@H]4C[C@@]2(C)[C@@H]13. The number of fused-ring (bicyclic) bond motifs is 4. The van der Waals surface area contributed by atoms with Gasteiger partial charge in [0, 0.05) is 17.4 Å². The lowest BCUT2D eigenvalue weighted by atomic mass is 9.47. The molecule has 0 aromatic carbocycles. The third kappa shape index (κ3) is 1.34. The molecule has 2 aliphatic carbocycles. The molecule has 0 aromatic rings. The van der Waals surface area contributed by atoms with Crippen LogP contribution in [0.5, 0.6) is 0 Å². The number of cyclic esters (lactones) is 1. The first-order valence-electron chi connectivity index (χ1n) is 9.22. The Labute approximate surface area is 145 Å². The van der Waals surface area contributed by atoms with Crippen molar-refractivity contribution in [1.82, 2.24) is 0 Å². The summed E-state index contributed by atoms with van der Waals surface area (Å²) in [6.45, 7) is 8.20. The first-order valence-corrected chi connectivity index (χ1v) is 9.22. The molecule has 6 heteroatoms. The Morgan fingerprint density at radius 2 is 1.92 bits per heavy atom. The predicted octanol–water partition coefficient (Wildman–Crippen LogP) is 1.37. The van der Waals surface area contributed by atoms with Gasteiger partial charge in [0.15, 0.2) is 5.60 Å². The standard InChI is InChI=1S/C19H22O6/c1-7(2)13-19-9(5-10(20)23-13)17(3)6-8-14(22-8)18(4)12(17)11(15(19)25-19)24-16(18)21/h5,7-8,11-15H,6H2,1-4H3/t8-,11+,12-,13-,14-,15-,17-,18-,19-/m1/s1. The van der Waals surface area contributed by atoms with Gasteiger partial charge in [-0.15, -0.1) is 0 Å². The molecule has 0 amide bonds. The molecule has 0 radical (unpaired) electrons. The Morgan fingerprint density at radius 3 is 2.64 bits per heavy atom. The van der Waals surface area contributed by atoms with E-state index in [2.05, 4.69) is 6.92 Å². The summed E-state index contributed by atoms with van der Waals surface area (Å²) in [7, 11) is 0. The number of ether oxygens (including phenoxy) is 4. The van der Waals surface area contributed by atoms with Crippen molar-refractivity contribution in [3.05, 3.63) is 11.6 Å². The van der Waals surface area contributed by atoms with Crippen LogP contribution in [0, 0.1) is 22.7 Å². The molecule has 0 bridgehead atoms. The third-order valence-corrected chi connectivity index (χ3v) is 7.70. The summed E-state index contributed by atoms with van der Waals surface area (Å²) >= 11 is 0. The van der Waals surface area contributed by atoms with E-state index in [-0.39, 0.29) is 59.7 Å². The number of epoxide rings is 2. The van der Waals surface area contributed by atoms with Gasteiger partial charge in [0.25, 0.3) is 0 Å². The molecule has 6 nitrogen and oxygen atoms in total. The van der Waals surface area contributed by atoms with Crippen LogP contribution in [-0.2, 0) is 28.5 Å². The average Bonchev–Trinajstić information content (AvgIpc) is 3.41. The zero-order chi connectivity index (χ0) is 17.5. The highest BCUT2D eigenvalue weighted by atomic mass is 16.7. The fraction of sp³-hybridized carbons (Fsp3) is 0.789. The smallest absolute Gasteiger partial charge is 0.331 e. The van der Waals surface area contributed by atoms with Gasteiger partial charge >= 0.3 is 11.9 Å². The molecule has 25 heavy (non-hydrogen) atoms. The second-order valence-electron chi connectivity index (χ2n) is 9.34. The van der Waals surface area contributed by atoms with E-state index in [0.717, 1.165) is 12.0 Å². The maximum absolute atomic E-state index is 12.8. The molecule has 134 valence electrons. The van der Waals surface area contributed by atoms with Gasteiger partial charge in [0.05, 0.1) is 6.10 Å². The highest BCUT2D eigenvalue weighted by Gasteiger charge is 2.86. The van der Waals surface area contributed by atoms with E-state index in [1.807, 2.05) is 20.8 Å². The van der Waals surface area contributed by atoms with Gasteiger partial charge in [-0.2, -0.15) is 0 Å². The van der Waals surface area contributed by atoms with Crippen LogP contribution in [-0.4, -0.2) is 48.1 Å². The number of esters is 2. The molecule has 4 aliphatic heterocycles. The summed E-state index contributed by atoms with van der Waals surface area (Å²) in [4.78, 5) is 25.2. The maximum Gasteiger partial charge on any atom is 0.331 e. The third-order valence-electron chi connectivity index (χ3n) is 7.70. The minimum atomic E-state index is -0.657. The summed E-state index contributed by atoms with van der Waals surface area (Å²) in [6.07, 6.45) is 1.56. The lowest BCUT2D eigenvalue weighted by molar-refractivity contribution is -0.153. The van der Waals surface area contributed by atoms with E-state index in [1.54, 1.807) is 6.08 Å². The van der Waals surface area contributed by atoms with E-state index >= 15 is 0 Å². The molecule has 0 N–H and O–H groups in total. The Bertz CT molecular complexity index is 772. The lowest BCUT2D eigenvalue weighted by Gasteiger charge is -2.52. The monoisotopic (exact) mass is 346 g/mol. The molecular weight excluding hydrogens is 324 g/mol. The minimum Gasteiger partial charge on any atom is -0.459 e. The van der Waals surface area contributed by atoms with Crippen LogP contribution < -0.4 is 0 Å². The van der Waals surface area contributed by atoms with Gasteiger partial charge in [0.1, 0.15) is 29.8 Å². The maximum atomic E-state index is 12.8. The van der Waals surface area contributed by atoms with Crippen LogP contribution in [0.2, 0.25) is 0 Å². The first-order chi connectivity index (χ1) is 11.7. The number of carbonyl (C=O) groups excluding carboxylic acids is 2. The van der Waals surface area contributed by atoms with Crippen LogP contribution in [0.4, 0.5) is 0 Å². The van der Waals surface area contributed by atoms with Crippen molar-refractivity contribution in [1.29, 1.82) is 0 Å². The number of rotatable bonds is 1. The predicted molar refractivity (Wildman–Crippen MR) is 83.3 cm³/mol. The Hall–Kier alpha value is -1.40. The van der Waals surface area contributed by atoms with Crippen LogP contribution in [0.15, 0.2) is 11.6 Å². The van der Waals surface area contributed by atoms with Crippen molar-refractivity contribution >= 4 is 11.9 Å². The van der Waals surface area contributed by atoms with Crippen molar-refractivity contribution < 1.29 is 28.5 Å². The Kier molecular flexibility index (Phi) is 2.25. The molecule has 5 fully saturated rings. The van der Waals surface area contributed by atoms with Gasteiger partial charge in [-0.3, -0.25) is 4.79 Å². The van der Waals surface area contributed by atoms with Crippen LogP contribution >= 0.6 is 0 Å². The van der Waals surface area contributed by atoms with Gasteiger partial charge in [-0.05, 0) is 24.8 Å². The number of hydrogen-bond acceptors (Lipinski definition) is 6. The van der Waals surface area contributed by atoms with Crippen molar-refractivity contribution in [2.24, 2.45) is 22.7 Å². The molecule has 2 saturated carbocycles. The van der Waals surface area contributed by atoms with E-state index < -0.39 is 11.0 Å². The van der Waals surface area contributed by atoms with Crippen molar-refractivity contribution in [2.75, 3.05) is 0 Å². The Balaban J connectivity index is 1.58. The molecule has 0 unspecified atom stereocenters. The fourth-order valence-corrected chi connectivity index (χ4v) is 6.79. The zero-order valence-electron chi connectivity index (χ0n) is 14.8. The minimum absolute atomic E-state index is 0.0261. The average molecular weight is 346 g/mol. The summed E-state index contributed by atoms with van der Waals surface area (Å²) < 4.78 is 23.7. The molecular formula is C19H22O6. The molecule has 1 spiro atoms. The summed E-state index contributed by atoms with van der Waals surface area (Å²) in [5, 5.41) is 0. The van der Waals surface area contributed by atoms with E-state index in [4.69, 9.17) is 18.9 Å². The van der Waals surface area contributed by atoms with Crippen LogP contribution in [0.3, 0.4) is 0 Å². The summed E-state index contributed by atoms with van der Waals surface area (Å²) in [5.74, 6) is -0.394. The van der Waals surface area contributed by atoms with E-state index in [9.17, 15) is 9.59 Å². The Morgan fingerprint density at radius 1 is 1.16 bits per heavy atom. The second-order valence-corrected chi connectivity index (χ2v) is 9.34. The van der Waals surface area contributed by atoms with Crippen LogP contribution in [0.25, 0.3) is 0 Å². The molecule has 3 saturated heterocycles. The zero-order valence-corrected chi connectivity index (χ0v) is 14.8. The van der Waals surface area contributed by atoms with Gasteiger partial charge in [0.2, 0.25) is 0 Å². The van der Waals surface area contributed by atoms with Crippen molar-refractivity contribution in [2.45, 2.75) is 70.2 Å². The fourth-order valence-electron chi connectivity index (χ4n) is 6.79. The quantitative estimate of drug-likeness (QED) is 0.527. The van der Waals surface area contributed by atoms with Gasteiger partial charge in [-0.1, -0.05) is 20.8 Å². The molecule has 9 atom stereocenters.